The lowest BCUT2D eigenvalue weighted by Gasteiger charge is -2.28. The molecule has 0 unspecified atom stereocenters. The Morgan fingerprint density at radius 1 is 1.21 bits per heavy atom. The number of nitrogens with one attached hydrogen (secondary N) is 1. The highest BCUT2D eigenvalue weighted by atomic mass is 35.5. The molecule has 1 heterocycles. The molecule has 5 heteroatoms. The highest BCUT2D eigenvalue weighted by Gasteiger charge is 2.19. The average molecular weight is 345 g/mol. The summed E-state index contributed by atoms with van der Waals surface area (Å²) in [4.78, 5) is 14.1. The third-order valence-corrected chi connectivity index (χ3v) is 4.89. The Labute approximate surface area is 147 Å². The normalized spacial score (nSPS) is 13.4. The van der Waals surface area contributed by atoms with Crippen LogP contribution in [0.2, 0.25) is 5.02 Å². The van der Waals surface area contributed by atoms with Gasteiger partial charge in [-0.1, -0.05) is 35.9 Å². The molecule has 0 radical (unpaired) electrons. The van der Waals surface area contributed by atoms with Crippen LogP contribution in [0.3, 0.4) is 0 Å². The van der Waals surface area contributed by atoms with Crippen LogP contribution in [0.5, 0.6) is 5.75 Å². The topological polar surface area (TPSA) is 41.6 Å². The Bertz CT molecular complexity index is 738. The lowest BCUT2D eigenvalue weighted by atomic mass is 10.0. The van der Waals surface area contributed by atoms with E-state index in [0.29, 0.717) is 12.3 Å². The number of urea groups is 1. The van der Waals surface area contributed by atoms with Crippen molar-refractivity contribution in [2.45, 2.75) is 26.8 Å². The van der Waals surface area contributed by atoms with Gasteiger partial charge in [0.1, 0.15) is 5.75 Å². The zero-order chi connectivity index (χ0) is 17.1. The number of hydrogen-bond donors (Lipinski definition) is 1. The second kappa shape index (κ2) is 7.14. The van der Waals surface area contributed by atoms with Gasteiger partial charge >= 0.3 is 6.03 Å². The van der Waals surface area contributed by atoms with Crippen molar-refractivity contribution in [2.75, 3.05) is 13.3 Å². The molecule has 0 bridgehead atoms. The van der Waals surface area contributed by atoms with E-state index in [1.54, 1.807) is 0 Å². The van der Waals surface area contributed by atoms with Crippen molar-refractivity contribution >= 4 is 17.6 Å². The van der Waals surface area contributed by atoms with Gasteiger partial charge in [-0.15, -0.1) is 0 Å². The second-order valence-corrected chi connectivity index (χ2v) is 6.46. The van der Waals surface area contributed by atoms with Crippen LogP contribution in [0.4, 0.5) is 4.79 Å². The summed E-state index contributed by atoms with van der Waals surface area (Å²) in [7, 11) is 0. The predicted molar refractivity (Wildman–Crippen MR) is 95.5 cm³/mol. The van der Waals surface area contributed by atoms with Crippen LogP contribution in [0.15, 0.2) is 36.4 Å². The fraction of sp³-hybridized carbons (Fsp3) is 0.316. The van der Waals surface area contributed by atoms with Gasteiger partial charge in [-0.25, -0.2) is 4.79 Å². The Kier molecular flexibility index (Phi) is 4.95. The van der Waals surface area contributed by atoms with E-state index in [-0.39, 0.29) is 12.8 Å². The molecule has 1 aliphatic rings. The van der Waals surface area contributed by atoms with Gasteiger partial charge in [0.25, 0.3) is 0 Å². The summed E-state index contributed by atoms with van der Waals surface area (Å²) in [6, 6.07) is 11.9. The number of nitrogens with zero attached hydrogens (tertiary/aromatic N) is 1. The smallest absolute Gasteiger partial charge is 0.320 e. The van der Waals surface area contributed by atoms with Crippen molar-refractivity contribution in [1.29, 1.82) is 0 Å². The third kappa shape index (κ3) is 3.65. The number of carbonyl (C=O) groups is 1. The predicted octanol–water partition coefficient (Wildman–Crippen LogP) is 4.06. The lowest BCUT2D eigenvalue weighted by Crippen LogP contribution is -2.43. The number of halogens is 1. The molecule has 2 aromatic rings. The molecule has 0 aromatic heterocycles. The summed E-state index contributed by atoms with van der Waals surface area (Å²) < 4.78 is 5.64. The van der Waals surface area contributed by atoms with E-state index in [9.17, 15) is 4.79 Å². The molecule has 2 amide bonds. The molecule has 3 rings (SSSR count). The monoisotopic (exact) mass is 344 g/mol. The van der Waals surface area contributed by atoms with Crippen LogP contribution in [-0.4, -0.2) is 24.2 Å². The van der Waals surface area contributed by atoms with Gasteiger partial charge in [0.2, 0.25) is 0 Å². The second-order valence-electron chi connectivity index (χ2n) is 6.08. The van der Waals surface area contributed by atoms with E-state index >= 15 is 0 Å². The summed E-state index contributed by atoms with van der Waals surface area (Å²) in [6.45, 7) is 5.37. The molecule has 0 saturated carbocycles. The number of amides is 2. The molecule has 0 spiro atoms. The molecule has 126 valence electrons. The minimum Gasteiger partial charge on any atom is -0.473 e. The van der Waals surface area contributed by atoms with E-state index in [1.165, 1.54) is 11.1 Å². The van der Waals surface area contributed by atoms with Crippen molar-refractivity contribution in [3.63, 3.8) is 0 Å². The SMILES string of the molecule is Cc1cc(OCNC(=O)N2CCc3ccccc3C2)cc(C)c1Cl. The van der Waals surface area contributed by atoms with Gasteiger partial charge in [0.15, 0.2) is 6.73 Å². The third-order valence-electron chi connectivity index (χ3n) is 4.29. The minimum atomic E-state index is -0.105. The summed E-state index contributed by atoms with van der Waals surface area (Å²) >= 11 is 6.14. The molecule has 24 heavy (non-hydrogen) atoms. The minimum absolute atomic E-state index is 0.105. The Morgan fingerprint density at radius 3 is 2.58 bits per heavy atom. The van der Waals surface area contributed by atoms with E-state index in [2.05, 4.69) is 17.4 Å². The van der Waals surface area contributed by atoms with Crippen molar-refractivity contribution in [1.82, 2.24) is 10.2 Å². The summed E-state index contributed by atoms with van der Waals surface area (Å²) in [5, 5.41) is 3.57. The molecule has 4 nitrogen and oxygen atoms in total. The van der Waals surface area contributed by atoms with Crippen LogP contribution in [0.1, 0.15) is 22.3 Å². The molecular weight excluding hydrogens is 324 g/mol. The number of rotatable bonds is 3. The number of ether oxygens (including phenoxy) is 1. The molecular formula is C19H21ClN2O2. The first-order chi connectivity index (χ1) is 11.5. The Morgan fingerprint density at radius 2 is 1.88 bits per heavy atom. The largest absolute Gasteiger partial charge is 0.473 e. The van der Waals surface area contributed by atoms with Crippen molar-refractivity contribution in [2.24, 2.45) is 0 Å². The van der Waals surface area contributed by atoms with Gasteiger partial charge in [0, 0.05) is 18.1 Å². The Balaban J connectivity index is 1.53. The van der Waals surface area contributed by atoms with Gasteiger partial charge in [-0.3, -0.25) is 0 Å². The number of fused-ring (bicyclic) bond motifs is 1. The van der Waals surface area contributed by atoms with Gasteiger partial charge in [-0.2, -0.15) is 0 Å². The first-order valence-corrected chi connectivity index (χ1v) is 8.41. The number of hydrogen-bond acceptors (Lipinski definition) is 2. The fourth-order valence-electron chi connectivity index (χ4n) is 2.95. The fourth-order valence-corrected chi connectivity index (χ4v) is 3.06. The number of carbonyl (C=O) groups excluding carboxylic acids is 1. The highest BCUT2D eigenvalue weighted by Crippen LogP contribution is 2.25. The standard InChI is InChI=1S/C19H21ClN2O2/c1-13-9-17(10-14(2)18(13)20)24-12-21-19(23)22-8-7-15-5-3-4-6-16(15)11-22/h3-6,9-10H,7-8,11-12H2,1-2H3,(H,21,23). The first-order valence-electron chi connectivity index (χ1n) is 8.03. The van der Waals surface area contributed by atoms with Crippen molar-refractivity contribution in [3.8, 4) is 5.75 Å². The zero-order valence-corrected chi connectivity index (χ0v) is 14.7. The van der Waals surface area contributed by atoms with Crippen LogP contribution in [0, 0.1) is 13.8 Å². The maximum atomic E-state index is 12.3. The average Bonchev–Trinajstić information content (AvgIpc) is 2.59. The van der Waals surface area contributed by atoms with Crippen LogP contribution in [-0.2, 0) is 13.0 Å². The van der Waals surface area contributed by atoms with Gasteiger partial charge < -0.3 is 15.0 Å². The van der Waals surface area contributed by atoms with E-state index < -0.39 is 0 Å². The van der Waals surface area contributed by atoms with E-state index in [4.69, 9.17) is 16.3 Å². The Hall–Kier alpha value is -2.20. The van der Waals surface area contributed by atoms with Crippen molar-refractivity contribution < 1.29 is 9.53 Å². The van der Waals surface area contributed by atoms with E-state index in [0.717, 1.165) is 29.1 Å². The maximum absolute atomic E-state index is 12.3. The van der Waals surface area contributed by atoms with Gasteiger partial charge in [-0.05, 0) is 54.7 Å². The van der Waals surface area contributed by atoms with Crippen molar-refractivity contribution in [3.05, 3.63) is 63.7 Å². The zero-order valence-electron chi connectivity index (χ0n) is 13.9. The molecule has 0 atom stereocenters. The maximum Gasteiger partial charge on any atom is 0.320 e. The molecule has 1 aliphatic heterocycles. The molecule has 0 aliphatic carbocycles. The van der Waals surface area contributed by atoms with Crippen LogP contribution in [0.25, 0.3) is 0 Å². The highest BCUT2D eigenvalue weighted by molar-refractivity contribution is 6.32. The number of benzene rings is 2. The quantitative estimate of drug-likeness (QED) is 0.853. The molecule has 0 fully saturated rings. The molecule has 2 aromatic carbocycles. The molecule has 0 saturated heterocycles. The van der Waals surface area contributed by atoms with E-state index in [1.807, 2.05) is 43.0 Å². The van der Waals surface area contributed by atoms with Crippen LogP contribution >= 0.6 is 11.6 Å². The number of aryl methyl sites for hydroxylation is 2. The van der Waals surface area contributed by atoms with Crippen LogP contribution < -0.4 is 10.1 Å². The lowest BCUT2D eigenvalue weighted by molar-refractivity contribution is 0.179. The van der Waals surface area contributed by atoms with Gasteiger partial charge in [0.05, 0.1) is 0 Å². The summed E-state index contributed by atoms with van der Waals surface area (Å²) in [6.07, 6.45) is 0.889. The summed E-state index contributed by atoms with van der Waals surface area (Å²) in [5.74, 6) is 0.707. The molecule has 1 N–H and O–H groups in total. The first kappa shape index (κ1) is 16.7. The summed E-state index contributed by atoms with van der Waals surface area (Å²) in [5.41, 5.74) is 4.46.